The van der Waals surface area contributed by atoms with Gasteiger partial charge in [0.2, 0.25) is 0 Å². The average Bonchev–Trinajstić information content (AvgIpc) is 3.00. The molecule has 0 radical (unpaired) electrons. The SMILES string of the molecule is O=C(c1cc(Cl)cc(Br)c1)N1CCC(c2nccs2)CC1. The zero-order valence-electron chi connectivity index (χ0n) is 11.3. The van der Waals surface area contributed by atoms with Crippen molar-refractivity contribution in [3.63, 3.8) is 0 Å². The van der Waals surface area contributed by atoms with Gasteiger partial charge in [0.1, 0.15) is 0 Å². The van der Waals surface area contributed by atoms with E-state index in [-0.39, 0.29) is 5.91 Å². The average molecular weight is 386 g/mol. The molecule has 3 rings (SSSR count). The fourth-order valence-electron chi connectivity index (χ4n) is 2.63. The van der Waals surface area contributed by atoms with Crippen LogP contribution in [-0.2, 0) is 0 Å². The number of aromatic nitrogens is 1. The first kappa shape index (κ1) is 15.0. The van der Waals surface area contributed by atoms with Gasteiger partial charge in [-0.1, -0.05) is 27.5 Å². The maximum atomic E-state index is 12.5. The van der Waals surface area contributed by atoms with Crippen molar-refractivity contribution >= 4 is 44.8 Å². The van der Waals surface area contributed by atoms with Crippen molar-refractivity contribution in [1.29, 1.82) is 0 Å². The van der Waals surface area contributed by atoms with Gasteiger partial charge < -0.3 is 4.90 Å². The molecular weight excluding hydrogens is 372 g/mol. The van der Waals surface area contributed by atoms with Crippen molar-refractivity contribution in [2.75, 3.05) is 13.1 Å². The Bertz CT molecular complexity index is 619. The van der Waals surface area contributed by atoms with E-state index in [1.807, 2.05) is 22.5 Å². The second-order valence-electron chi connectivity index (χ2n) is 5.09. The van der Waals surface area contributed by atoms with E-state index in [4.69, 9.17) is 11.6 Å². The summed E-state index contributed by atoms with van der Waals surface area (Å²) >= 11 is 11.1. The molecule has 0 unspecified atom stereocenters. The number of halogens is 2. The Labute approximate surface area is 141 Å². The van der Waals surface area contributed by atoms with E-state index >= 15 is 0 Å². The van der Waals surface area contributed by atoms with Gasteiger partial charge in [-0.25, -0.2) is 4.98 Å². The molecule has 1 aromatic carbocycles. The van der Waals surface area contributed by atoms with Crippen LogP contribution < -0.4 is 0 Å². The summed E-state index contributed by atoms with van der Waals surface area (Å²) in [6.07, 6.45) is 3.79. The van der Waals surface area contributed by atoms with Gasteiger partial charge in [-0.05, 0) is 31.0 Å². The van der Waals surface area contributed by atoms with Crippen LogP contribution >= 0.6 is 38.9 Å². The minimum Gasteiger partial charge on any atom is -0.339 e. The number of carbonyl (C=O) groups excluding carboxylic acids is 1. The van der Waals surface area contributed by atoms with Crippen molar-refractivity contribution in [3.8, 4) is 0 Å². The normalized spacial score (nSPS) is 16.2. The van der Waals surface area contributed by atoms with E-state index < -0.39 is 0 Å². The summed E-state index contributed by atoms with van der Waals surface area (Å²) in [7, 11) is 0. The van der Waals surface area contributed by atoms with Gasteiger partial charge in [0.25, 0.3) is 5.91 Å². The van der Waals surface area contributed by atoms with Crippen LogP contribution in [0.25, 0.3) is 0 Å². The Kier molecular flexibility index (Phi) is 4.62. The number of hydrogen-bond acceptors (Lipinski definition) is 3. The van der Waals surface area contributed by atoms with Gasteiger partial charge in [0, 0.05) is 45.6 Å². The summed E-state index contributed by atoms with van der Waals surface area (Å²) in [5.41, 5.74) is 0.641. The predicted octanol–water partition coefficient (Wildman–Crippen LogP) is 4.58. The zero-order chi connectivity index (χ0) is 14.8. The Morgan fingerprint density at radius 3 is 2.71 bits per heavy atom. The van der Waals surface area contributed by atoms with Crippen molar-refractivity contribution in [3.05, 3.63) is 49.8 Å². The summed E-state index contributed by atoms with van der Waals surface area (Å²) in [6.45, 7) is 1.54. The molecule has 1 saturated heterocycles. The number of carbonyl (C=O) groups is 1. The van der Waals surface area contributed by atoms with E-state index in [0.717, 1.165) is 30.4 Å². The van der Waals surface area contributed by atoms with Crippen LogP contribution in [0.1, 0.15) is 34.1 Å². The minimum absolute atomic E-state index is 0.0517. The highest BCUT2D eigenvalue weighted by molar-refractivity contribution is 9.10. The summed E-state index contributed by atoms with van der Waals surface area (Å²) in [5, 5.41) is 3.77. The minimum atomic E-state index is 0.0517. The van der Waals surface area contributed by atoms with Crippen LogP contribution in [0.15, 0.2) is 34.2 Å². The Hall–Kier alpha value is -0.910. The highest BCUT2D eigenvalue weighted by Gasteiger charge is 2.26. The first-order chi connectivity index (χ1) is 10.1. The van der Waals surface area contributed by atoms with E-state index in [1.54, 1.807) is 23.5 Å². The van der Waals surface area contributed by atoms with Crippen molar-refractivity contribution in [2.24, 2.45) is 0 Å². The van der Waals surface area contributed by atoms with E-state index in [1.165, 1.54) is 5.01 Å². The summed E-state index contributed by atoms with van der Waals surface area (Å²) in [6, 6.07) is 5.33. The van der Waals surface area contributed by atoms with Crippen LogP contribution in [0.3, 0.4) is 0 Å². The summed E-state index contributed by atoms with van der Waals surface area (Å²) < 4.78 is 0.830. The molecule has 0 atom stereocenters. The molecule has 21 heavy (non-hydrogen) atoms. The van der Waals surface area contributed by atoms with E-state index in [9.17, 15) is 4.79 Å². The molecule has 6 heteroatoms. The van der Waals surface area contributed by atoms with Gasteiger partial charge in [0.05, 0.1) is 5.01 Å². The molecule has 1 fully saturated rings. The molecule has 2 heterocycles. The van der Waals surface area contributed by atoms with Crippen molar-refractivity contribution < 1.29 is 4.79 Å². The number of nitrogens with zero attached hydrogens (tertiary/aromatic N) is 2. The van der Waals surface area contributed by atoms with Gasteiger partial charge >= 0.3 is 0 Å². The van der Waals surface area contributed by atoms with Gasteiger partial charge in [0.15, 0.2) is 0 Å². The Morgan fingerprint density at radius 2 is 2.10 bits per heavy atom. The third-order valence-corrected chi connectivity index (χ3v) is 5.31. The van der Waals surface area contributed by atoms with Gasteiger partial charge in [-0.2, -0.15) is 0 Å². The van der Waals surface area contributed by atoms with Crippen LogP contribution in [-0.4, -0.2) is 28.9 Å². The molecule has 1 amide bonds. The van der Waals surface area contributed by atoms with Crippen molar-refractivity contribution in [1.82, 2.24) is 9.88 Å². The monoisotopic (exact) mass is 384 g/mol. The molecule has 0 N–H and O–H groups in total. The third kappa shape index (κ3) is 3.47. The number of rotatable bonds is 2. The number of piperidine rings is 1. The van der Waals surface area contributed by atoms with E-state index in [0.29, 0.717) is 16.5 Å². The summed E-state index contributed by atoms with van der Waals surface area (Å²) in [4.78, 5) is 18.8. The van der Waals surface area contributed by atoms with Crippen LogP contribution in [0.5, 0.6) is 0 Å². The zero-order valence-corrected chi connectivity index (χ0v) is 14.4. The molecule has 1 aliphatic rings. The first-order valence-corrected chi connectivity index (χ1v) is 8.83. The molecule has 0 aliphatic carbocycles. The smallest absolute Gasteiger partial charge is 0.253 e. The molecular formula is C15H14BrClN2OS. The quantitative estimate of drug-likeness (QED) is 0.758. The lowest BCUT2D eigenvalue weighted by Gasteiger charge is -2.31. The maximum absolute atomic E-state index is 12.5. The Morgan fingerprint density at radius 1 is 1.33 bits per heavy atom. The number of hydrogen-bond donors (Lipinski definition) is 0. The lowest BCUT2D eigenvalue weighted by atomic mass is 9.97. The maximum Gasteiger partial charge on any atom is 0.253 e. The first-order valence-electron chi connectivity index (χ1n) is 6.78. The predicted molar refractivity (Wildman–Crippen MR) is 89.1 cm³/mol. The van der Waals surface area contributed by atoms with Crippen LogP contribution in [0.4, 0.5) is 0 Å². The molecule has 3 nitrogen and oxygen atoms in total. The molecule has 1 aromatic heterocycles. The second-order valence-corrected chi connectivity index (χ2v) is 7.37. The number of likely N-dealkylation sites (tertiary alicyclic amines) is 1. The fraction of sp³-hybridized carbons (Fsp3) is 0.333. The topological polar surface area (TPSA) is 33.2 Å². The Balaban J connectivity index is 1.67. The molecule has 2 aromatic rings. The fourth-order valence-corrected chi connectivity index (χ4v) is 4.30. The highest BCUT2D eigenvalue weighted by atomic mass is 79.9. The van der Waals surface area contributed by atoms with Gasteiger partial charge in [-0.15, -0.1) is 11.3 Å². The lowest BCUT2D eigenvalue weighted by Crippen LogP contribution is -2.37. The lowest BCUT2D eigenvalue weighted by molar-refractivity contribution is 0.0713. The largest absolute Gasteiger partial charge is 0.339 e. The van der Waals surface area contributed by atoms with Gasteiger partial charge in [-0.3, -0.25) is 4.79 Å². The molecule has 110 valence electrons. The van der Waals surface area contributed by atoms with Crippen LogP contribution in [0, 0.1) is 0 Å². The standard InChI is InChI=1S/C15H14BrClN2OS/c16-12-7-11(8-13(17)9-12)15(20)19-4-1-10(2-5-19)14-18-3-6-21-14/h3,6-10H,1-2,4-5H2. The van der Waals surface area contributed by atoms with Crippen LogP contribution in [0.2, 0.25) is 5.02 Å². The van der Waals surface area contributed by atoms with E-state index in [2.05, 4.69) is 20.9 Å². The highest BCUT2D eigenvalue weighted by Crippen LogP contribution is 2.30. The number of benzene rings is 1. The molecule has 1 aliphatic heterocycles. The second kappa shape index (κ2) is 6.46. The number of thiazole rings is 1. The third-order valence-electron chi connectivity index (χ3n) is 3.69. The molecule has 0 spiro atoms. The molecule has 0 saturated carbocycles. The molecule has 0 bridgehead atoms. The van der Waals surface area contributed by atoms with Crippen molar-refractivity contribution in [2.45, 2.75) is 18.8 Å². The summed E-state index contributed by atoms with van der Waals surface area (Å²) in [5.74, 6) is 0.538. The number of amides is 1.